The summed E-state index contributed by atoms with van der Waals surface area (Å²) in [6, 6.07) is 5.82. The Kier molecular flexibility index (Phi) is 5.31. The molecule has 21 heavy (non-hydrogen) atoms. The van der Waals surface area contributed by atoms with E-state index in [1.54, 1.807) is 14.2 Å². The molecule has 0 bridgehead atoms. The highest BCUT2D eigenvalue weighted by molar-refractivity contribution is 5.69. The molecule has 0 spiro atoms. The second kappa shape index (κ2) is 7.20. The lowest BCUT2D eigenvalue weighted by atomic mass is 10.0. The van der Waals surface area contributed by atoms with Crippen molar-refractivity contribution in [3.05, 3.63) is 18.2 Å². The lowest BCUT2D eigenvalue weighted by molar-refractivity contribution is -0.140. The van der Waals surface area contributed by atoms with Crippen LogP contribution in [0.25, 0.3) is 0 Å². The van der Waals surface area contributed by atoms with Crippen LogP contribution in [-0.2, 0) is 9.53 Å². The van der Waals surface area contributed by atoms with Crippen LogP contribution >= 0.6 is 0 Å². The van der Waals surface area contributed by atoms with E-state index in [-0.39, 0.29) is 5.97 Å². The van der Waals surface area contributed by atoms with Gasteiger partial charge in [0.05, 0.1) is 27.0 Å². The molecule has 5 heteroatoms. The summed E-state index contributed by atoms with van der Waals surface area (Å²) in [6.45, 7) is 1.90. The highest BCUT2D eigenvalue weighted by Gasteiger charge is 2.25. The van der Waals surface area contributed by atoms with E-state index >= 15 is 0 Å². The number of ether oxygens (including phenoxy) is 3. The van der Waals surface area contributed by atoms with Crippen molar-refractivity contribution in [2.75, 3.05) is 39.3 Å². The van der Waals surface area contributed by atoms with Gasteiger partial charge in [0.1, 0.15) is 11.5 Å². The van der Waals surface area contributed by atoms with Crippen LogP contribution in [0, 0.1) is 5.92 Å². The Labute approximate surface area is 125 Å². The summed E-state index contributed by atoms with van der Waals surface area (Å²) in [7, 11) is 4.77. The Morgan fingerprint density at radius 1 is 1.29 bits per heavy atom. The first-order valence-corrected chi connectivity index (χ1v) is 7.21. The number of esters is 1. The molecular weight excluding hydrogens is 270 g/mol. The Morgan fingerprint density at radius 2 is 2.10 bits per heavy atom. The molecule has 1 fully saturated rings. The number of hydrogen-bond donors (Lipinski definition) is 0. The third-order valence-corrected chi connectivity index (χ3v) is 4.00. The molecule has 0 aliphatic carbocycles. The Balaban J connectivity index is 2.01. The molecule has 1 aliphatic heterocycles. The van der Waals surface area contributed by atoms with Gasteiger partial charge < -0.3 is 19.1 Å². The number of methoxy groups -OCH3 is 3. The second-order valence-corrected chi connectivity index (χ2v) is 5.25. The predicted octanol–water partition coefficient (Wildman–Crippen LogP) is 2.48. The minimum absolute atomic E-state index is 0.132. The maximum atomic E-state index is 11.2. The lowest BCUT2D eigenvalue weighted by Crippen LogP contribution is -2.20. The standard InChI is InChI=1S/C16H23NO4/c1-19-13-5-6-15(20-2)14(10-13)17-9-8-12(11-17)4-7-16(18)21-3/h5-6,10,12H,4,7-9,11H2,1-3H3. The van der Waals surface area contributed by atoms with E-state index in [4.69, 9.17) is 14.2 Å². The van der Waals surface area contributed by atoms with E-state index in [0.717, 1.165) is 43.1 Å². The molecule has 116 valence electrons. The van der Waals surface area contributed by atoms with Gasteiger partial charge >= 0.3 is 5.97 Å². The van der Waals surface area contributed by atoms with Crippen LogP contribution < -0.4 is 14.4 Å². The molecule has 0 radical (unpaired) electrons. The number of anilines is 1. The first-order chi connectivity index (χ1) is 10.2. The minimum Gasteiger partial charge on any atom is -0.497 e. The van der Waals surface area contributed by atoms with E-state index in [2.05, 4.69) is 4.90 Å². The lowest BCUT2D eigenvalue weighted by Gasteiger charge is -2.22. The van der Waals surface area contributed by atoms with E-state index < -0.39 is 0 Å². The molecule has 1 heterocycles. The molecule has 2 rings (SSSR count). The molecule has 0 N–H and O–H groups in total. The van der Waals surface area contributed by atoms with Crippen LogP contribution in [0.4, 0.5) is 5.69 Å². The highest BCUT2D eigenvalue weighted by Crippen LogP contribution is 2.36. The number of rotatable bonds is 6. The average Bonchev–Trinajstić information content (AvgIpc) is 3.00. The van der Waals surface area contributed by atoms with Crippen molar-refractivity contribution in [3.8, 4) is 11.5 Å². The SMILES string of the molecule is COC(=O)CCC1CCN(c2cc(OC)ccc2OC)C1. The Hall–Kier alpha value is -1.91. The van der Waals surface area contributed by atoms with E-state index in [0.29, 0.717) is 12.3 Å². The first kappa shape index (κ1) is 15.5. The fraction of sp³-hybridized carbons (Fsp3) is 0.562. The van der Waals surface area contributed by atoms with Gasteiger partial charge in [0.2, 0.25) is 0 Å². The third kappa shape index (κ3) is 3.80. The molecule has 5 nitrogen and oxygen atoms in total. The van der Waals surface area contributed by atoms with Gasteiger partial charge in [-0.25, -0.2) is 0 Å². The third-order valence-electron chi connectivity index (χ3n) is 4.00. The van der Waals surface area contributed by atoms with Crippen molar-refractivity contribution in [2.24, 2.45) is 5.92 Å². The quantitative estimate of drug-likeness (QED) is 0.754. The summed E-state index contributed by atoms with van der Waals surface area (Å²) < 4.78 is 15.4. The fourth-order valence-corrected chi connectivity index (χ4v) is 2.76. The average molecular weight is 293 g/mol. The summed E-state index contributed by atoms with van der Waals surface area (Å²) in [5, 5.41) is 0. The highest BCUT2D eigenvalue weighted by atomic mass is 16.5. The second-order valence-electron chi connectivity index (χ2n) is 5.25. The van der Waals surface area contributed by atoms with Crippen molar-refractivity contribution < 1.29 is 19.0 Å². The zero-order chi connectivity index (χ0) is 15.2. The normalized spacial score (nSPS) is 17.7. The zero-order valence-corrected chi connectivity index (χ0v) is 12.9. The van der Waals surface area contributed by atoms with Gasteiger partial charge in [0.25, 0.3) is 0 Å². The van der Waals surface area contributed by atoms with Crippen LogP contribution in [0.3, 0.4) is 0 Å². The molecule has 1 atom stereocenters. The van der Waals surface area contributed by atoms with Crippen LogP contribution in [0.5, 0.6) is 11.5 Å². The van der Waals surface area contributed by atoms with Crippen molar-refractivity contribution in [2.45, 2.75) is 19.3 Å². The topological polar surface area (TPSA) is 48.0 Å². The molecule has 0 amide bonds. The van der Waals surface area contributed by atoms with Gasteiger partial charge in [-0.2, -0.15) is 0 Å². The molecular formula is C16H23NO4. The van der Waals surface area contributed by atoms with Crippen molar-refractivity contribution in [1.82, 2.24) is 0 Å². The Bertz CT molecular complexity index is 489. The first-order valence-electron chi connectivity index (χ1n) is 7.21. The van der Waals surface area contributed by atoms with Crippen LogP contribution in [0.15, 0.2) is 18.2 Å². The number of hydrogen-bond acceptors (Lipinski definition) is 5. The fourth-order valence-electron chi connectivity index (χ4n) is 2.76. The number of carbonyl (C=O) groups is 1. The molecule has 0 saturated carbocycles. The van der Waals surface area contributed by atoms with Crippen molar-refractivity contribution in [3.63, 3.8) is 0 Å². The largest absolute Gasteiger partial charge is 0.497 e. The summed E-state index contributed by atoms with van der Waals surface area (Å²) in [5.74, 6) is 2.06. The number of nitrogens with zero attached hydrogens (tertiary/aromatic N) is 1. The van der Waals surface area contributed by atoms with Gasteiger partial charge in [-0.3, -0.25) is 4.79 Å². The van der Waals surface area contributed by atoms with Gasteiger partial charge in [0, 0.05) is 25.6 Å². The maximum absolute atomic E-state index is 11.2. The van der Waals surface area contributed by atoms with Gasteiger partial charge in [-0.1, -0.05) is 0 Å². The van der Waals surface area contributed by atoms with Crippen LogP contribution in [0.1, 0.15) is 19.3 Å². The predicted molar refractivity (Wildman–Crippen MR) is 81.1 cm³/mol. The number of carbonyl (C=O) groups excluding carboxylic acids is 1. The molecule has 1 aromatic rings. The molecule has 1 aromatic carbocycles. The Morgan fingerprint density at radius 3 is 2.76 bits per heavy atom. The van der Waals surface area contributed by atoms with E-state index in [1.807, 2.05) is 18.2 Å². The maximum Gasteiger partial charge on any atom is 0.305 e. The zero-order valence-electron chi connectivity index (χ0n) is 12.9. The number of benzene rings is 1. The van der Waals surface area contributed by atoms with Crippen molar-refractivity contribution in [1.29, 1.82) is 0 Å². The molecule has 1 saturated heterocycles. The van der Waals surface area contributed by atoms with Gasteiger partial charge in [-0.15, -0.1) is 0 Å². The molecule has 1 unspecified atom stereocenters. The minimum atomic E-state index is -0.132. The van der Waals surface area contributed by atoms with Gasteiger partial charge in [-0.05, 0) is 30.9 Å². The van der Waals surface area contributed by atoms with Crippen LogP contribution in [0.2, 0.25) is 0 Å². The monoisotopic (exact) mass is 293 g/mol. The summed E-state index contributed by atoms with van der Waals surface area (Å²) in [4.78, 5) is 13.5. The molecule has 0 aromatic heterocycles. The molecule has 1 aliphatic rings. The van der Waals surface area contributed by atoms with Gasteiger partial charge in [0.15, 0.2) is 0 Å². The summed E-state index contributed by atoms with van der Waals surface area (Å²) in [6.07, 6.45) is 2.44. The summed E-state index contributed by atoms with van der Waals surface area (Å²) >= 11 is 0. The van der Waals surface area contributed by atoms with E-state index in [9.17, 15) is 4.79 Å². The van der Waals surface area contributed by atoms with Crippen LogP contribution in [-0.4, -0.2) is 40.4 Å². The smallest absolute Gasteiger partial charge is 0.305 e. The summed E-state index contributed by atoms with van der Waals surface area (Å²) in [5.41, 5.74) is 1.05. The van der Waals surface area contributed by atoms with E-state index in [1.165, 1.54) is 7.11 Å². The van der Waals surface area contributed by atoms with Crippen molar-refractivity contribution >= 4 is 11.7 Å².